The van der Waals surface area contributed by atoms with Gasteiger partial charge in [0.05, 0.1) is 21.1 Å². The van der Waals surface area contributed by atoms with Crippen molar-refractivity contribution in [3.8, 4) is 17.5 Å². The number of hydrogen-bond acceptors (Lipinski definition) is 7. The summed E-state index contributed by atoms with van der Waals surface area (Å²) in [6, 6.07) is 12.9. The molecule has 0 fully saturated rings. The fourth-order valence-electron chi connectivity index (χ4n) is 1.90. The van der Waals surface area contributed by atoms with E-state index in [2.05, 4.69) is 10.2 Å². The second-order valence-electron chi connectivity index (χ2n) is 4.50. The summed E-state index contributed by atoms with van der Waals surface area (Å²) in [7, 11) is 0. The average molecular weight is 359 g/mol. The van der Waals surface area contributed by atoms with Crippen molar-refractivity contribution in [2.75, 3.05) is 0 Å². The summed E-state index contributed by atoms with van der Waals surface area (Å²) in [6.07, 6.45) is 0. The molecule has 24 heavy (non-hydrogen) atoms. The number of halogens is 1. The third-order valence-electron chi connectivity index (χ3n) is 3.00. The molecule has 2 aromatic carbocycles. The van der Waals surface area contributed by atoms with Crippen LogP contribution in [0.2, 0.25) is 5.02 Å². The monoisotopic (exact) mass is 358 g/mol. The number of hydrogen-bond donors (Lipinski definition) is 0. The third-order valence-corrected chi connectivity index (χ3v) is 4.25. The Labute approximate surface area is 145 Å². The van der Waals surface area contributed by atoms with E-state index in [4.69, 9.17) is 21.3 Å². The Morgan fingerprint density at radius 1 is 1.25 bits per heavy atom. The predicted octanol–water partition coefficient (Wildman–Crippen LogP) is 4.32. The van der Waals surface area contributed by atoms with Crippen LogP contribution in [0.1, 0.15) is 5.56 Å². The van der Waals surface area contributed by atoms with Crippen LogP contribution in [-0.2, 0) is 0 Å². The van der Waals surface area contributed by atoms with Crippen molar-refractivity contribution in [3.05, 3.63) is 63.2 Å². The van der Waals surface area contributed by atoms with Crippen molar-refractivity contribution in [1.82, 2.24) is 10.2 Å². The van der Waals surface area contributed by atoms with Crippen LogP contribution >= 0.6 is 23.4 Å². The first-order valence-corrected chi connectivity index (χ1v) is 7.72. The molecule has 0 aliphatic carbocycles. The fraction of sp³-hybridized carbons (Fsp3) is 0. The number of nitro benzene ring substituents is 1. The highest BCUT2D eigenvalue weighted by Crippen LogP contribution is 2.34. The number of non-ortho nitro benzene ring substituents is 1. The van der Waals surface area contributed by atoms with Gasteiger partial charge in [-0.1, -0.05) is 23.7 Å². The summed E-state index contributed by atoms with van der Waals surface area (Å²) >= 11 is 7.13. The molecule has 1 heterocycles. The first-order chi connectivity index (χ1) is 11.6. The second kappa shape index (κ2) is 6.70. The topological polar surface area (TPSA) is 106 Å². The average Bonchev–Trinajstić information content (AvgIpc) is 3.03. The number of nitriles is 1. The van der Waals surface area contributed by atoms with Gasteiger partial charge in [0.1, 0.15) is 6.07 Å². The van der Waals surface area contributed by atoms with Gasteiger partial charge in [-0.25, -0.2) is 0 Å². The zero-order valence-corrected chi connectivity index (χ0v) is 13.4. The summed E-state index contributed by atoms with van der Waals surface area (Å²) in [4.78, 5) is 10.7. The highest BCUT2D eigenvalue weighted by molar-refractivity contribution is 7.99. The van der Waals surface area contributed by atoms with Gasteiger partial charge in [-0.05, 0) is 30.0 Å². The van der Waals surface area contributed by atoms with Gasteiger partial charge in [-0.3, -0.25) is 10.1 Å². The van der Waals surface area contributed by atoms with Crippen LogP contribution < -0.4 is 0 Å². The van der Waals surface area contributed by atoms with Crippen molar-refractivity contribution in [2.24, 2.45) is 0 Å². The number of rotatable bonds is 4. The Hall–Kier alpha value is -2.89. The molecule has 0 atom stereocenters. The Kier molecular flexibility index (Phi) is 4.46. The highest BCUT2D eigenvalue weighted by Gasteiger charge is 2.16. The molecule has 3 aromatic rings. The van der Waals surface area contributed by atoms with E-state index < -0.39 is 4.92 Å². The molecule has 0 spiro atoms. The maximum absolute atomic E-state index is 10.8. The Morgan fingerprint density at radius 2 is 2.04 bits per heavy atom. The lowest BCUT2D eigenvalue weighted by Gasteiger charge is -2.00. The van der Waals surface area contributed by atoms with E-state index in [-0.39, 0.29) is 22.4 Å². The molecule has 3 rings (SSSR count). The smallest absolute Gasteiger partial charge is 0.281 e. The van der Waals surface area contributed by atoms with Crippen molar-refractivity contribution in [1.29, 1.82) is 5.26 Å². The van der Waals surface area contributed by atoms with Crippen molar-refractivity contribution in [2.45, 2.75) is 10.1 Å². The molecule has 7 nitrogen and oxygen atoms in total. The normalized spacial score (nSPS) is 10.3. The zero-order chi connectivity index (χ0) is 17.1. The van der Waals surface area contributed by atoms with E-state index in [9.17, 15) is 10.1 Å². The first-order valence-electron chi connectivity index (χ1n) is 6.53. The van der Waals surface area contributed by atoms with Gasteiger partial charge in [0.25, 0.3) is 10.9 Å². The molecule has 0 aliphatic rings. The van der Waals surface area contributed by atoms with Gasteiger partial charge < -0.3 is 4.42 Å². The molecule has 0 saturated carbocycles. The van der Waals surface area contributed by atoms with Crippen LogP contribution in [0.15, 0.2) is 57.0 Å². The van der Waals surface area contributed by atoms with Crippen LogP contribution in [-0.4, -0.2) is 15.1 Å². The van der Waals surface area contributed by atoms with Crippen LogP contribution in [0.3, 0.4) is 0 Å². The van der Waals surface area contributed by atoms with Gasteiger partial charge >= 0.3 is 0 Å². The number of nitro groups is 1. The molecule has 0 radical (unpaired) electrons. The number of nitrogens with zero attached hydrogens (tertiary/aromatic N) is 4. The van der Waals surface area contributed by atoms with E-state index in [0.29, 0.717) is 15.5 Å². The van der Waals surface area contributed by atoms with Crippen LogP contribution in [0, 0.1) is 21.4 Å². The van der Waals surface area contributed by atoms with Crippen molar-refractivity contribution >= 4 is 29.1 Å². The molecule has 0 amide bonds. The third kappa shape index (κ3) is 3.22. The van der Waals surface area contributed by atoms with Crippen molar-refractivity contribution < 1.29 is 9.34 Å². The predicted molar refractivity (Wildman–Crippen MR) is 86.7 cm³/mol. The SMILES string of the molecule is N#Cc1cc([N+](=O)[O-])ccc1Sc1nnc(-c2ccccc2Cl)o1. The highest BCUT2D eigenvalue weighted by atomic mass is 35.5. The van der Waals surface area contributed by atoms with Gasteiger partial charge in [0, 0.05) is 17.0 Å². The van der Waals surface area contributed by atoms with Crippen LogP contribution in [0.5, 0.6) is 0 Å². The minimum absolute atomic E-state index is 0.154. The lowest BCUT2D eigenvalue weighted by atomic mass is 10.2. The van der Waals surface area contributed by atoms with Gasteiger partial charge in [-0.15, -0.1) is 10.2 Å². The molecule has 9 heteroatoms. The number of benzene rings is 2. The molecule has 0 saturated heterocycles. The molecule has 0 N–H and O–H groups in total. The Bertz CT molecular complexity index is 967. The molecular formula is C15H7ClN4O3S. The van der Waals surface area contributed by atoms with Gasteiger partial charge in [0.15, 0.2) is 0 Å². The minimum Gasteiger partial charge on any atom is -0.411 e. The molecule has 1 aromatic heterocycles. The minimum atomic E-state index is -0.558. The fourth-order valence-corrected chi connectivity index (χ4v) is 2.85. The lowest BCUT2D eigenvalue weighted by Crippen LogP contribution is -1.90. The molecule has 0 unspecified atom stereocenters. The van der Waals surface area contributed by atoms with E-state index in [0.717, 1.165) is 11.8 Å². The summed E-state index contributed by atoms with van der Waals surface area (Å²) < 4.78 is 5.54. The molecule has 0 aliphatic heterocycles. The number of aromatic nitrogens is 2. The standard InChI is InChI=1S/C15H7ClN4O3S/c16-12-4-2-1-3-11(12)14-18-19-15(23-14)24-13-6-5-10(20(21)22)7-9(13)8-17/h1-7H. The Morgan fingerprint density at radius 3 is 2.75 bits per heavy atom. The summed E-state index contributed by atoms with van der Waals surface area (Å²) in [5.74, 6) is 0.253. The molecule has 0 bridgehead atoms. The Balaban J connectivity index is 1.89. The molecule has 118 valence electrons. The maximum Gasteiger partial charge on any atom is 0.281 e. The van der Waals surface area contributed by atoms with E-state index in [1.165, 1.54) is 18.2 Å². The maximum atomic E-state index is 10.8. The summed E-state index contributed by atoms with van der Waals surface area (Å²) in [6.45, 7) is 0. The van der Waals surface area contributed by atoms with Crippen LogP contribution in [0.4, 0.5) is 5.69 Å². The summed E-state index contributed by atoms with van der Waals surface area (Å²) in [5.41, 5.74) is 0.604. The van der Waals surface area contributed by atoms with Gasteiger partial charge in [0.2, 0.25) is 5.89 Å². The zero-order valence-electron chi connectivity index (χ0n) is 11.8. The van der Waals surface area contributed by atoms with E-state index >= 15 is 0 Å². The van der Waals surface area contributed by atoms with Gasteiger partial charge in [-0.2, -0.15) is 5.26 Å². The lowest BCUT2D eigenvalue weighted by molar-refractivity contribution is -0.384. The van der Waals surface area contributed by atoms with Crippen LogP contribution in [0.25, 0.3) is 11.5 Å². The molecular weight excluding hydrogens is 352 g/mol. The quantitative estimate of drug-likeness (QED) is 0.505. The largest absolute Gasteiger partial charge is 0.411 e. The van der Waals surface area contributed by atoms with E-state index in [1.54, 1.807) is 24.3 Å². The van der Waals surface area contributed by atoms with E-state index in [1.807, 2.05) is 6.07 Å². The summed E-state index contributed by atoms with van der Waals surface area (Å²) in [5, 5.41) is 28.4. The first kappa shape index (κ1) is 16.0. The second-order valence-corrected chi connectivity index (χ2v) is 5.90. The van der Waals surface area contributed by atoms with Crippen molar-refractivity contribution in [3.63, 3.8) is 0 Å².